The summed E-state index contributed by atoms with van der Waals surface area (Å²) in [5, 5.41) is 24.4. The van der Waals surface area contributed by atoms with E-state index in [9.17, 15) is 24.6 Å². The Labute approximate surface area is 204 Å². The van der Waals surface area contributed by atoms with Crippen molar-refractivity contribution >= 4 is 35.3 Å². The predicted octanol–water partition coefficient (Wildman–Crippen LogP) is 1.42. The topological polar surface area (TPSA) is 135 Å². The molecule has 2 aromatic carbocycles. The number of nitrogens with one attached hydrogen (secondary N) is 2. The Morgan fingerprint density at radius 2 is 1.83 bits per heavy atom. The lowest BCUT2D eigenvalue weighted by Gasteiger charge is -2.37. The van der Waals surface area contributed by atoms with Gasteiger partial charge in [-0.25, -0.2) is 4.79 Å². The molecular formula is C25H31N5O5. The van der Waals surface area contributed by atoms with Crippen molar-refractivity contribution in [2.24, 2.45) is 4.99 Å². The van der Waals surface area contributed by atoms with Crippen molar-refractivity contribution in [2.45, 2.75) is 33.1 Å². The number of aliphatic hydroxyl groups excluding tert-OH is 2. The third-order valence-electron chi connectivity index (χ3n) is 5.74. The molecule has 0 spiro atoms. The SMILES string of the molecule is CC1=N[C@@H](NC(=O)Nc2cccc(C)c2)C(=O)N(C(C=O)N(CCO)CCO)c2c(C)cccc21. The average Bonchev–Trinajstić information content (AvgIpc) is 2.91. The maximum atomic E-state index is 13.8. The van der Waals surface area contributed by atoms with Crippen LogP contribution in [0.2, 0.25) is 0 Å². The second-order valence-electron chi connectivity index (χ2n) is 8.30. The summed E-state index contributed by atoms with van der Waals surface area (Å²) in [6.45, 7) is 5.01. The van der Waals surface area contributed by atoms with Crippen molar-refractivity contribution in [3.8, 4) is 0 Å². The highest BCUT2D eigenvalue weighted by atomic mass is 16.3. The third kappa shape index (κ3) is 5.91. The van der Waals surface area contributed by atoms with Crippen LogP contribution in [0.3, 0.4) is 0 Å². The quantitative estimate of drug-likeness (QED) is 0.400. The zero-order chi connectivity index (χ0) is 25.5. The molecule has 2 atom stereocenters. The number of aryl methyl sites for hydroxylation is 2. The van der Waals surface area contributed by atoms with Crippen LogP contribution in [0.4, 0.5) is 16.2 Å². The summed E-state index contributed by atoms with van der Waals surface area (Å²) in [7, 11) is 0. The van der Waals surface area contributed by atoms with E-state index in [1.165, 1.54) is 9.80 Å². The summed E-state index contributed by atoms with van der Waals surface area (Å²) >= 11 is 0. The van der Waals surface area contributed by atoms with Gasteiger partial charge in [-0.05, 0) is 44.0 Å². The zero-order valence-electron chi connectivity index (χ0n) is 20.1. The van der Waals surface area contributed by atoms with Gasteiger partial charge in [0, 0.05) is 30.1 Å². The molecule has 0 saturated heterocycles. The van der Waals surface area contributed by atoms with Gasteiger partial charge in [0.25, 0.3) is 5.91 Å². The number of aldehydes is 1. The van der Waals surface area contributed by atoms with E-state index in [1.54, 1.807) is 31.2 Å². The van der Waals surface area contributed by atoms with Crippen molar-refractivity contribution in [2.75, 3.05) is 36.5 Å². The highest BCUT2D eigenvalue weighted by Gasteiger charge is 2.38. The van der Waals surface area contributed by atoms with Crippen molar-refractivity contribution in [1.29, 1.82) is 0 Å². The number of hydrogen-bond donors (Lipinski definition) is 4. The Morgan fingerprint density at radius 1 is 1.14 bits per heavy atom. The number of carbonyl (C=O) groups is 3. The number of nitrogens with zero attached hydrogens (tertiary/aromatic N) is 3. The number of hydrogen-bond acceptors (Lipinski definition) is 7. The van der Waals surface area contributed by atoms with Crippen LogP contribution in [0, 0.1) is 13.8 Å². The van der Waals surface area contributed by atoms with Crippen molar-refractivity contribution in [3.05, 3.63) is 59.2 Å². The van der Waals surface area contributed by atoms with Crippen LogP contribution < -0.4 is 15.5 Å². The van der Waals surface area contributed by atoms with Crippen LogP contribution in [0.25, 0.3) is 0 Å². The van der Waals surface area contributed by atoms with Gasteiger partial charge in [-0.1, -0.05) is 30.3 Å². The summed E-state index contributed by atoms with van der Waals surface area (Å²) in [5.41, 5.74) is 3.89. The largest absolute Gasteiger partial charge is 0.395 e. The van der Waals surface area contributed by atoms with Crippen LogP contribution >= 0.6 is 0 Å². The Morgan fingerprint density at radius 3 is 2.46 bits per heavy atom. The van der Waals surface area contributed by atoms with Crippen LogP contribution in [-0.4, -0.2) is 77.7 Å². The van der Waals surface area contributed by atoms with Gasteiger partial charge < -0.3 is 20.8 Å². The van der Waals surface area contributed by atoms with Gasteiger partial charge >= 0.3 is 6.03 Å². The molecule has 3 rings (SSSR count). The molecule has 10 heteroatoms. The van der Waals surface area contributed by atoms with Crippen LogP contribution in [-0.2, 0) is 9.59 Å². The molecule has 0 aliphatic carbocycles. The first-order valence-corrected chi connectivity index (χ1v) is 11.3. The second-order valence-corrected chi connectivity index (χ2v) is 8.30. The van der Waals surface area contributed by atoms with Crippen LogP contribution in [0.5, 0.6) is 0 Å². The van der Waals surface area contributed by atoms with Gasteiger partial charge in [0.15, 0.2) is 6.29 Å². The second kappa shape index (κ2) is 11.7. The van der Waals surface area contributed by atoms with E-state index in [1.807, 2.05) is 32.0 Å². The van der Waals surface area contributed by atoms with Crippen molar-refractivity contribution in [3.63, 3.8) is 0 Å². The maximum Gasteiger partial charge on any atom is 0.321 e. The molecule has 186 valence electrons. The summed E-state index contributed by atoms with van der Waals surface area (Å²) in [6.07, 6.45) is -1.85. The fraction of sp³-hybridized carbons (Fsp3) is 0.360. The highest BCUT2D eigenvalue weighted by Crippen LogP contribution is 2.31. The molecule has 0 radical (unpaired) electrons. The number of fused-ring (bicyclic) bond motifs is 1. The number of aliphatic hydroxyl groups is 2. The highest BCUT2D eigenvalue weighted by molar-refractivity contribution is 6.14. The molecule has 1 aliphatic heterocycles. The summed E-state index contributed by atoms with van der Waals surface area (Å²) in [4.78, 5) is 46.2. The van der Waals surface area contributed by atoms with Gasteiger partial charge in [0.2, 0.25) is 6.17 Å². The summed E-state index contributed by atoms with van der Waals surface area (Å²) in [6, 6.07) is 12.0. The molecule has 0 bridgehead atoms. The van der Waals surface area contributed by atoms with Gasteiger partial charge in [-0.2, -0.15) is 0 Å². The number of para-hydroxylation sites is 1. The summed E-state index contributed by atoms with van der Waals surface area (Å²) in [5.74, 6) is -0.616. The van der Waals surface area contributed by atoms with E-state index >= 15 is 0 Å². The number of urea groups is 1. The number of carbonyl (C=O) groups excluding carboxylic acids is 3. The molecule has 3 amide bonds. The Kier molecular flexibility index (Phi) is 8.69. The number of anilines is 2. The predicted molar refractivity (Wildman–Crippen MR) is 134 cm³/mol. The minimum atomic E-state index is -1.31. The Hall–Kier alpha value is -3.60. The van der Waals surface area contributed by atoms with E-state index in [-0.39, 0.29) is 26.3 Å². The molecule has 1 unspecified atom stereocenters. The van der Waals surface area contributed by atoms with Crippen molar-refractivity contribution in [1.82, 2.24) is 10.2 Å². The van der Waals surface area contributed by atoms with Crippen LogP contribution in [0.1, 0.15) is 23.6 Å². The molecule has 1 aliphatic rings. The normalized spacial score (nSPS) is 16.3. The fourth-order valence-electron chi connectivity index (χ4n) is 4.15. The number of benzodiazepines with no additional fused rings is 1. The monoisotopic (exact) mass is 481 g/mol. The molecule has 4 N–H and O–H groups in total. The number of aliphatic imine (C=N–C) groups is 1. The first kappa shape index (κ1) is 26.0. The molecule has 1 heterocycles. The van der Waals surface area contributed by atoms with E-state index in [0.717, 1.165) is 11.1 Å². The first-order chi connectivity index (χ1) is 16.8. The Balaban J connectivity index is 2.01. The zero-order valence-corrected chi connectivity index (χ0v) is 20.1. The molecule has 0 fully saturated rings. The standard InChI is InChI=1S/C25H31N5O5/c1-16-6-4-8-19(14-16)27-25(35)28-23-24(34)30(21(15-33)29(10-12-31)11-13-32)22-17(2)7-5-9-20(22)18(3)26-23/h4-9,14-15,21,23,31-32H,10-13H2,1-3H3,(H2,27,28,35)/t21?,23-/m0/s1. The molecule has 0 aromatic heterocycles. The smallest absolute Gasteiger partial charge is 0.321 e. The lowest BCUT2D eigenvalue weighted by Crippen LogP contribution is -2.58. The van der Waals surface area contributed by atoms with Gasteiger partial charge in [0.05, 0.1) is 18.9 Å². The average molecular weight is 482 g/mol. The number of rotatable bonds is 9. The molecule has 35 heavy (non-hydrogen) atoms. The lowest BCUT2D eigenvalue weighted by molar-refractivity contribution is -0.124. The van der Waals surface area contributed by atoms with E-state index in [0.29, 0.717) is 28.9 Å². The first-order valence-electron chi connectivity index (χ1n) is 11.3. The van der Waals surface area contributed by atoms with Gasteiger partial charge in [-0.15, -0.1) is 0 Å². The maximum absolute atomic E-state index is 13.8. The molecule has 2 aromatic rings. The van der Waals surface area contributed by atoms with E-state index < -0.39 is 24.3 Å². The molecule has 10 nitrogen and oxygen atoms in total. The molecule has 0 saturated carbocycles. The lowest BCUT2D eigenvalue weighted by atomic mass is 10.0. The van der Waals surface area contributed by atoms with Gasteiger partial charge in [-0.3, -0.25) is 24.4 Å². The number of amides is 3. The third-order valence-corrected chi connectivity index (χ3v) is 5.74. The molecular weight excluding hydrogens is 450 g/mol. The van der Waals surface area contributed by atoms with Crippen molar-refractivity contribution < 1.29 is 24.6 Å². The van der Waals surface area contributed by atoms with E-state index in [4.69, 9.17) is 0 Å². The summed E-state index contributed by atoms with van der Waals surface area (Å²) < 4.78 is 0. The number of benzene rings is 2. The minimum Gasteiger partial charge on any atom is -0.395 e. The van der Waals surface area contributed by atoms with Crippen LogP contribution in [0.15, 0.2) is 47.5 Å². The fourth-order valence-corrected chi connectivity index (χ4v) is 4.15. The minimum absolute atomic E-state index is 0.0563. The van der Waals surface area contributed by atoms with E-state index in [2.05, 4.69) is 15.6 Å². The van der Waals surface area contributed by atoms with Gasteiger partial charge in [0.1, 0.15) is 6.17 Å². The Bertz CT molecular complexity index is 1110.